The van der Waals surface area contributed by atoms with Gasteiger partial charge in [0, 0.05) is 109 Å². The predicted molar refractivity (Wildman–Crippen MR) is 375 cm³/mol. The van der Waals surface area contributed by atoms with Crippen LogP contribution in [0.4, 0.5) is 0 Å². The van der Waals surface area contributed by atoms with E-state index >= 15 is 0 Å². The van der Waals surface area contributed by atoms with Gasteiger partial charge in [-0.1, -0.05) is 153 Å². The van der Waals surface area contributed by atoms with Crippen molar-refractivity contribution in [1.82, 2.24) is 0 Å². The number of rotatable bonds is 33. The summed E-state index contributed by atoms with van der Waals surface area (Å²) in [5.41, 5.74) is 18.2. The van der Waals surface area contributed by atoms with Crippen molar-refractivity contribution in [3.05, 3.63) is 237 Å². The number of aromatic nitrogens is 7. The summed E-state index contributed by atoms with van der Waals surface area (Å²) in [5, 5.41) is 0. The number of hydrogen-bond acceptors (Lipinski definition) is 0. The van der Waals surface area contributed by atoms with Crippen molar-refractivity contribution in [2.24, 2.45) is 0 Å². The van der Waals surface area contributed by atoms with E-state index in [2.05, 4.69) is 305 Å². The van der Waals surface area contributed by atoms with E-state index in [0.29, 0.717) is 0 Å². The second-order valence-corrected chi connectivity index (χ2v) is 25.2. The van der Waals surface area contributed by atoms with Gasteiger partial charge < -0.3 is 0 Å². The van der Waals surface area contributed by atoms with E-state index in [9.17, 15) is 0 Å². The summed E-state index contributed by atoms with van der Waals surface area (Å²) < 4.78 is 16.5. The molecule has 10 rings (SSSR count). The van der Waals surface area contributed by atoms with Crippen LogP contribution in [0.25, 0.3) is 78.7 Å². The predicted octanol–water partition coefficient (Wildman–Crippen LogP) is 18.6. The van der Waals surface area contributed by atoms with Crippen LogP contribution in [0.5, 0.6) is 0 Å². The SMILES string of the molecule is CCCCCC[n+]1ccc(-c2cc(-c3ccc(C)cc3)[n+](-c3cc[n+](CCCCCC)cc3)c(-c3cc[n+](CCCCCC)cc3)c2)cc1.CCCCCC[n+]1ccc(-c2cc(-c3ccccc3)[n+](-c3cc[n+](CCCCCC)cc3)c(-c3ccccc3)c2)cc1. The summed E-state index contributed by atoms with van der Waals surface area (Å²) in [6.45, 7) is 18.9. The molecule has 0 unspecified atom stereocenters. The minimum absolute atomic E-state index is 1.06. The van der Waals surface area contributed by atoms with E-state index in [-0.39, 0.29) is 0 Å². The Hall–Kier alpha value is -8.29. The Morgan fingerprint density at radius 3 is 0.736 bits per heavy atom. The Kier molecular flexibility index (Phi) is 26.9. The lowest BCUT2D eigenvalue weighted by atomic mass is 9.99. The van der Waals surface area contributed by atoms with Crippen molar-refractivity contribution in [2.75, 3.05) is 0 Å². The molecule has 7 heterocycles. The molecule has 0 saturated heterocycles. The molecule has 0 aliphatic heterocycles. The first-order valence-electron chi connectivity index (χ1n) is 35.2. The van der Waals surface area contributed by atoms with Gasteiger partial charge in [-0.05, 0) is 97.7 Å². The number of pyridine rings is 7. The number of unbranched alkanes of at least 4 members (excludes halogenated alkanes) is 15. The maximum Gasteiger partial charge on any atom is 0.223 e. The summed E-state index contributed by atoms with van der Waals surface area (Å²) in [4.78, 5) is 0. The van der Waals surface area contributed by atoms with Crippen LogP contribution < -0.4 is 32.0 Å². The average molecular weight is 1210 g/mol. The Morgan fingerprint density at radius 2 is 0.462 bits per heavy atom. The van der Waals surface area contributed by atoms with E-state index in [1.165, 1.54) is 213 Å². The van der Waals surface area contributed by atoms with Crippen molar-refractivity contribution in [2.45, 2.75) is 203 Å². The zero-order valence-electron chi connectivity index (χ0n) is 56.2. The molecule has 10 aromatic rings. The van der Waals surface area contributed by atoms with Gasteiger partial charge in [-0.2, -0.15) is 9.13 Å². The molecule has 0 atom stereocenters. The second kappa shape index (κ2) is 36.5. The third-order valence-electron chi connectivity index (χ3n) is 17.9. The number of aryl methyl sites for hydroxylation is 6. The van der Waals surface area contributed by atoms with Crippen LogP contribution in [0.2, 0.25) is 0 Å². The van der Waals surface area contributed by atoms with E-state index < -0.39 is 0 Å². The van der Waals surface area contributed by atoms with Crippen molar-refractivity contribution >= 4 is 0 Å². The zero-order valence-corrected chi connectivity index (χ0v) is 56.2. The first-order valence-corrected chi connectivity index (χ1v) is 35.2. The molecule has 7 nitrogen and oxygen atoms in total. The quantitative estimate of drug-likeness (QED) is 0.0290. The molecule has 470 valence electrons. The van der Waals surface area contributed by atoms with Gasteiger partial charge in [-0.3, -0.25) is 0 Å². The lowest BCUT2D eigenvalue weighted by molar-refractivity contribution is -0.698. The van der Waals surface area contributed by atoms with Crippen LogP contribution in [-0.2, 0) is 32.7 Å². The highest BCUT2D eigenvalue weighted by atomic mass is 15.0. The monoisotopic (exact) mass is 1210 g/mol. The van der Waals surface area contributed by atoms with Crippen LogP contribution in [0.1, 0.15) is 169 Å². The number of hydrogen-bond donors (Lipinski definition) is 0. The van der Waals surface area contributed by atoms with Crippen LogP contribution in [0.15, 0.2) is 232 Å². The molecule has 7 aromatic heterocycles. The fraction of sp³-hybridized carbons (Fsp3) is 0.369. The lowest BCUT2D eigenvalue weighted by Gasteiger charge is -2.12. The van der Waals surface area contributed by atoms with Gasteiger partial charge in [0.05, 0.1) is 29.8 Å². The van der Waals surface area contributed by atoms with Gasteiger partial charge in [0.25, 0.3) is 0 Å². The topological polar surface area (TPSA) is 27.2 Å². The van der Waals surface area contributed by atoms with Gasteiger partial charge in [-0.25, -0.2) is 22.8 Å². The minimum Gasteiger partial charge on any atom is -0.205 e. The van der Waals surface area contributed by atoms with Crippen LogP contribution in [0, 0.1) is 6.92 Å². The van der Waals surface area contributed by atoms with Crippen LogP contribution in [0.3, 0.4) is 0 Å². The second-order valence-electron chi connectivity index (χ2n) is 25.2. The maximum absolute atomic E-state index is 2.47. The van der Waals surface area contributed by atoms with Gasteiger partial charge in [-0.15, -0.1) is 0 Å². The Bertz CT molecular complexity index is 3630. The normalized spacial score (nSPS) is 11.2. The van der Waals surface area contributed by atoms with Gasteiger partial charge in [0.2, 0.25) is 34.2 Å². The molecule has 0 N–H and O–H groups in total. The summed E-state index contributed by atoms with van der Waals surface area (Å²) >= 11 is 0. The molecule has 0 radical (unpaired) electrons. The smallest absolute Gasteiger partial charge is 0.205 e. The first-order chi connectivity index (χ1) is 44.9. The van der Waals surface area contributed by atoms with Crippen LogP contribution >= 0.6 is 0 Å². The zero-order chi connectivity index (χ0) is 63.2. The molecular formula is C84H106N7+7. The number of nitrogens with zero attached hydrogens (tertiary/aromatic N) is 7. The molecule has 0 amide bonds. The van der Waals surface area contributed by atoms with E-state index in [1.807, 2.05) is 0 Å². The third-order valence-corrected chi connectivity index (χ3v) is 17.9. The molecule has 91 heavy (non-hydrogen) atoms. The first kappa shape index (κ1) is 67.1. The molecule has 0 bridgehead atoms. The Morgan fingerprint density at radius 1 is 0.220 bits per heavy atom. The van der Waals surface area contributed by atoms with E-state index in [1.54, 1.807) is 0 Å². The maximum atomic E-state index is 2.47. The Labute approximate surface area is 547 Å². The highest BCUT2D eigenvalue weighted by molar-refractivity contribution is 5.75. The van der Waals surface area contributed by atoms with Crippen molar-refractivity contribution < 1.29 is 32.0 Å². The summed E-state index contributed by atoms with van der Waals surface area (Å²) in [5.74, 6) is 0. The highest BCUT2D eigenvalue weighted by Crippen LogP contribution is 2.32. The molecule has 0 aliphatic rings. The van der Waals surface area contributed by atoms with Crippen molar-refractivity contribution in [3.63, 3.8) is 0 Å². The molecule has 0 spiro atoms. The molecular weight excluding hydrogens is 1110 g/mol. The van der Waals surface area contributed by atoms with E-state index in [4.69, 9.17) is 0 Å². The van der Waals surface area contributed by atoms with Crippen LogP contribution in [-0.4, -0.2) is 0 Å². The summed E-state index contributed by atoms with van der Waals surface area (Å²) in [7, 11) is 0. The molecule has 3 aromatic carbocycles. The standard InChI is InChI=1S/C45H60N4.C39H46N3/c1-5-8-11-14-27-46-30-21-39(22-31-46)42-36-44(40-19-17-38(4)18-20-40)49(43-25-34-48(35-26-43)29-16-13-10-7-3)45(37-42)41-23-32-47(33-24-41)28-15-12-9-6-2;1-3-5-7-15-25-40-27-21-33(22-28-40)36-31-38(34-17-11-9-12-18-34)42(39(32-36)35-19-13-10-14-20-35)37-23-29-41(30-24-37)26-16-8-6-4-2/h17-26,30-37H,5-16,27-29H2,1-4H3;9-14,17-24,27-32H,3-8,15-16,25-26H2,1-2H3/q+4;+3. The third kappa shape index (κ3) is 19.9. The molecule has 0 saturated carbocycles. The minimum atomic E-state index is 1.06. The van der Waals surface area contributed by atoms with Gasteiger partial charge in [0.1, 0.15) is 32.7 Å². The fourth-order valence-corrected chi connectivity index (χ4v) is 12.3. The molecule has 0 fully saturated rings. The average Bonchev–Trinajstić information content (AvgIpc) is 1.71. The van der Waals surface area contributed by atoms with Gasteiger partial charge >= 0.3 is 0 Å². The lowest BCUT2D eigenvalue weighted by Crippen LogP contribution is -2.39. The summed E-state index contributed by atoms with van der Waals surface area (Å²) in [6.07, 6.45) is 48.0. The van der Waals surface area contributed by atoms with Gasteiger partial charge in [0.15, 0.2) is 62.0 Å². The highest BCUT2D eigenvalue weighted by Gasteiger charge is 2.29. The van der Waals surface area contributed by atoms with Crippen molar-refractivity contribution in [3.8, 4) is 78.7 Å². The van der Waals surface area contributed by atoms with E-state index in [0.717, 1.165) is 32.7 Å². The largest absolute Gasteiger partial charge is 0.223 e. The Balaban J connectivity index is 0.000000218. The summed E-state index contributed by atoms with van der Waals surface area (Å²) in [6, 6.07) is 63.0. The fourth-order valence-electron chi connectivity index (χ4n) is 12.3. The molecule has 7 heteroatoms. The van der Waals surface area contributed by atoms with Crippen molar-refractivity contribution in [1.29, 1.82) is 0 Å². The molecule has 0 aliphatic carbocycles. The number of benzene rings is 3.